The van der Waals surface area contributed by atoms with Gasteiger partial charge in [-0.1, -0.05) is 37.0 Å². The van der Waals surface area contributed by atoms with Gasteiger partial charge in [0, 0.05) is 12.2 Å². The van der Waals surface area contributed by atoms with Crippen LogP contribution in [-0.4, -0.2) is 18.1 Å². The molecule has 1 saturated carbocycles. The van der Waals surface area contributed by atoms with E-state index in [1.807, 2.05) is 31.2 Å². The maximum atomic E-state index is 12.1. The predicted molar refractivity (Wildman–Crippen MR) is 78.2 cm³/mol. The van der Waals surface area contributed by atoms with Gasteiger partial charge in [0.05, 0.1) is 5.54 Å². The van der Waals surface area contributed by atoms with Gasteiger partial charge in [-0.3, -0.25) is 0 Å². The van der Waals surface area contributed by atoms with Crippen molar-refractivity contribution >= 4 is 11.7 Å². The molecular formula is C15H23N3O. The van der Waals surface area contributed by atoms with Gasteiger partial charge in [-0.15, -0.1) is 0 Å². The first-order chi connectivity index (χ1) is 9.13. The highest BCUT2D eigenvalue weighted by Crippen LogP contribution is 2.27. The smallest absolute Gasteiger partial charge is 0.319 e. The summed E-state index contributed by atoms with van der Waals surface area (Å²) in [6.45, 7) is 2.53. The molecule has 4 nitrogen and oxygen atoms in total. The summed E-state index contributed by atoms with van der Waals surface area (Å²) in [4.78, 5) is 12.1. The molecule has 2 rings (SSSR count). The molecule has 0 heterocycles. The molecule has 0 spiro atoms. The zero-order valence-corrected chi connectivity index (χ0v) is 11.5. The normalized spacial score (nSPS) is 17.8. The number of aryl methyl sites for hydroxylation is 1. The number of carbonyl (C=O) groups excluding carboxylic acids is 1. The Kier molecular flexibility index (Phi) is 4.43. The fourth-order valence-electron chi connectivity index (χ4n) is 2.65. The summed E-state index contributed by atoms with van der Waals surface area (Å²) in [5.74, 6) is 0. The zero-order valence-electron chi connectivity index (χ0n) is 11.5. The lowest BCUT2D eigenvalue weighted by Crippen LogP contribution is -2.55. The third-order valence-corrected chi connectivity index (χ3v) is 3.89. The first-order valence-corrected chi connectivity index (χ1v) is 6.99. The third-order valence-electron chi connectivity index (χ3n) is 3.89. The molecule has 0 aromatic heterocycles. The van der Waals surface area contributed by atoms with E-state index >= 15 is 0 Å². The number of urea groups is 1. The van der Waals surface area contributed by atoms with Crippen molar-refractivity contribution < 1.29 is 4.79 Å². The lowest BCUT2D eigenvalue weighted by Gasteiger charge is -2.37. The number of amides is 2. The molecule has 19 heavy (non-hydrogen) atoms. The molecule has 1 aliphatic carbocycles. The second-order valence-corrected chi connectivity index (χ2v) is 5.49. The van der Waals surface area contributed by atoms with E-state index in [0.717, 1.165) is 31.4 Å². The number of hydrogen-bond acceptors (Lipinski definition) is 2. The number of nitrogens with one attached hydrogen (secondary N) is 2. The number of anilines is 1. The Hall–Kier alpha value is -1.55. The Morgan fingerprint density at radius 3 is 2.42 bits per heavy atom. The summed E-state index contributed by atoms with van der Waals surface area (Å²) >= 11 is 0. The van der Waals surface area contributed by atoms with Crippen LogP contribution in [0.2, 0.25) is 0 Å². The van der Waals surface area contributed by atoms with Crippen molar-refractivity contribution in [2.75, 3.05) is 11.9 Å². The molecule has 1 aromatic carbocycles. The van der Waals surface area contributed by atoms with Gasteiger partial charge in [-0.2, -0.15) is 0 Å². The van der Waals surface area contributed by atoms with Crippen molar-refractivity contribution in [2.24, 2.45) is 5.73 Å². The highest BCUT2D eigenvalue weighted by atomic mass is 16.2. The van der Waals surface area contributed by atoms with Crippen LogP contribution < -0.4 is 16.4 Å². The molecule has 0 radical (unpaired) electrons. The minimum atomic E-state index is -0.215. The first-order valence-electron chi connectivity index (χ1n) is 6.99. The summed E-state index contributed by atoms with van der Waals surface area (Å²) in [6.07, 6.45) is 5.47. The molecule has 0 unspecified atom stereocenters. The van der Waals surface area contributed by atoms with Crippen molar-refractivity contribution in [3.8, 4) is 0 Å². The van der Waals surface area contributed by atoms with Crippen molar-refractivity contribution in [2.45, 2.75) is 44.6 Å². The molecule has 0 saturated heterocycles. The van der Waals surface area contributed by atoms with Gasteiger partial charge in [-0.25, -0.2) is 4.79 Å². The largest absolute Gasteiger partial charge is 0.331 e. The summed E-state index contributed by atoms with van der Waals surface area (Å²) in [5, 5.41) is 5.94. The van der Waals surface area contributed by atoms with Gasteiger partial charge in [0.2, 0.25) is 0 Å². The second-order valence-electron chi connectivity index (χ2n) is 5.49. The Morgan fingerprint density at radius 1 is 1.21 bits per heavy atom. The highest BCUT2D eigenvalue weighted by molar-refractivity contribution is 5.89. The molecule has 2 amide bonds. The van der Waals surface area contributed by atoms with Gasteiger partial charge in [0.25, 0.3) is 0 Å². The molecule has 1 aromatic rings. The summed E-state index contributed by atoms with van der Waals surface area (Å²) in [5.41, 5.74) is 7.63. The van der Waals surface area contributed by atoms with Crippen LogP contribution in [-0.2, 0) is 0 Å². The fourth-order valence-corrected chi connectivity index (χ4v) is 2.65. The number of hydrogen-bond donors (Lipinski definition) is 3. The van der Waals surface area contributed by atoms with E-state index in [-0.39, 0.29) is 11.6 Å². The zero-order chi connectivity index (χ0) is 13.7. The Labute approximate surface area is 114 Å². The monoisotopic (exact) mass is 261 g/mol. The number of nitrogens with two attached hydrogens (primary N) is 1. The predicted octanol–water partition coefficient (Wildman–Crippen LogP) is 2.78. The van der Waals surface area contributed by atoms with Crippen LogP contribution >= 0.6 is 0 Å². The van der Waals surface area contributed by atoms with Gasteiger partial charge < -0.3 is 16.4 Å². The number of benzene rings is 1. The molecule has 0 atom stereocenters. The van der Waals surface area contributed by atoms with E-state index in [1.165, 1.54) is 12.0 Å². The average Bonchev–Trinajstić information content (AvgIpc) is 2.42. The van der Waals surface area contributed by atoms with Gasteiger partial charge in [0.1, 0.15) is 0 Å². The SMILES string of the molecule is Cc1ccc(NC(=O)NC2(CN)CCCCC2)cc1. The molecule has 1 aliphatic rings. The van der Waals surface area contributed by atoms with Crippen LogP contribution in [0, 0.1) is 6.92 Å². The molecule has 104 valence electrons. The lowest BCUT2D eigenvalue weighted by molar-refractivity contribution is 0.215. The maximum absolute atomic E-state index is 12.1. The second kappa shape index (κ2) is 6.06. The number of rotatable bonds is 3. The van der Waals surface area contributed by atoms with Crippen LogP contribution in [0.25, 0.3) is 0 Å². The summed E-state index contributed by atoms with van der Waals surface area (Å²) in [6, 6.07) is 7.62. The fraction of sp³-hybridized carbons (Fsp3) is 0.533. The van der Waals surface area contributed by atoms with Crippen molar-refractivity contribution in [1.82, 2.24) is 5.32 Å². The average molecular weight is 261 g/mol. The van der Waals surface area contributed by atoms with Crippen molar-refractivity contribution in [1.29, 1.82) is 0 Å². The molecule has 4 heteroatoms. The van der Waals surface area contributed by atoms with Crippen LogP contribution in [0.3, 0.4) is 0 Å². The van der Waals surface area contributed by atoms with E-state index in [0.29, 0.717) is 6.54 Å². The van der Waals surface area contributed by atoms with Gasteiger partial charge in [-0.05, 0) is 31.9 Å². The van der Waals surface area contributed by atoms with E-state index in [1.54, 1.807) is 0 Å². The summed E-state index contributed by atoms with van der Waals surface area (Å²) in [7, 11) is 0. The van der Waals surface area contributed by atoms with Crippen LogP contribution in [0.4, 0.5) is 10.5 Å². The standard InChI is InChI=1S/C15H23N3O/c1-12-5-7-13(8-6-12)17-14(19)18-15(11-16)9-3-2-4-10-15/h5-8H,2-4,9-11,16H2,1H3,(H2,17,18,19). The Balaban J connectivity index is 1.94. The first kappa shape index (κ1) is 13.9. The lowest BCUT2D eigenvalue weighted by atomic mass is 9.82. The molecular weight excluding hydrogens is 238 g/mol. The van der Waals surface area contributed by atoms with Crippen LogP contribution in [0.15, 0.2) is 24.3 Å². The highest BCUT2D eigenvalue weighted by Gasteiger charge is 2.32. The van der Waals surface area contributed by atoms with Crippen LogP contribution in [0.1, 0.15) is 37.7 Å². The minimum Gasteiger partial charge on any atom is -0.331 e. The quantitative estimate of drug-likeness (QED) is 0.783. The van der Waals surface area contributed by atoms with Gasteiger partial charge in [0.15, 0.2) is 0 Å². The third kappa shape index (κ3) is 3.70. The Bertz CT molecular complexity index is 422. The molecule has 0 aliphatic heterocycles. The maximum Gasteiger partial charge on any atom is 0.319 e. The molecule has 1 fully saturated rings. The van der Waals surface area contributed by atoms with E-state index in [2.05, 4.69) is 10.6 Å². The van der Waals surface area contributed by atoms with Crippen molar-refractivity contribution in [3.05, 3.63) is 29.8 Å². The minimum absolute atomic E-state index is 0.156. The summed E-state index contributed by atoms with van der Waals surface area (Å²) < 4.78 is 0. The molecule has 0 bridgehead atoms. The molecule has 4 N–H and O–H groups in total. The van der Waals surface area contributed by atoms with E-state index < -0.39 is 0 Å². The van der Waals surface area contributed by atoms with E-state index in [4.69, 9.17) is 5.73 Å². The van der Waals surface area contributed by atoms with Gasteiger partial charge >= 0.3 is 6.03 Å². The van der Waals surface area contributed by atoms with Crippen LogP contribution in [0.5, 0.6) is 0 Å². The number of carbonyl (C=O) groups is 1. The van der Waals surface area contributed by atoms with E-state index in [9.17, 15) is 4.79 Å². The van der Waals surface area contributed by atoms with Crippen molar-refractivity contribution in [3.63, 3.8) is 0 Å². The topological polar surface area (TPSA) is 67.2 Å². The Morgan fingerprint density at radius 2 is 1.84 bits per heavy atom.